The first-order valence-corrected chi connectivity index (χ1v) is 9.76. The van der Waals surface area contributed by atoms with Gasteiger partial charge in [0.25, 0.3) is 11.8 Å². The Bertz CT molecular complexity index is 1250. The lowest BCUT2D eigenvalue weighted by atomic mass is 10.1. The number of anilines is 2. The number of carbonyl (C=O) groups excluding carboxylic acids is 3. The summed E-state index contributed by atoms with van der Waals surface area (Å²) < 4.78 is 13.4. The number of hydrogen-bond donors (Lipinski definition) is 4. The van der Waals surface area contributed by atoms with Crippen molar-refractivity contribution in [3.8, 4) is 0 Å². The summed E-state index contributed by atoms with van der Waals surface area (Å²) in [5.74, 6) is -1.54. The number of fused-ring (bicyclic) bond motifs is 1. The molecular formula is C24H19FN4O3. The van der Waals surface area contributed by atoms with E-state index in [1.54, 1.807) is 48.5 Å². The summed E-state index contributed by atoms with van der Waals surface area (Å²) in [5.41, 5.74) is 9.00. The van der Waals surface area contributed by atoms with Gasteiger partial charge in [-0.05, 0) is 42.0 Å². The van der Waals surface area contributed by atoms with Crippen molar-refractivity contribution in [2.75, 3.05) is 11.1 Å². The number of nitrogens with two attached hydrogens (primary N) is 1. The SMILES string of the molecule is Nc1ccc(F)cc1NC(=O)c1ccc(CNC(=O)/C=C2\NC(=O)c3ccccc32)cc1. The molecule has 0 aliphatic carbocycles. The quantitative estimate of drug-likeness (QED) is 0.368. The Morgan fingerprint density at radius 1 is 1.00 bits per heavy atom. The molecule has 0 aromatic heterocycles. The van der Waals surface area contributed by atoms with E-state index in [2.05, 4.69) is 16.0 Å². The van der Waals surface area contributed by atoms with Crippen molar-refractivity contribution < 1.29 is 18.8 Å². The van der Waals surface area contributed by atoms with Gasteiger partial charge in [-0.2, -0.15) is 0 Å². The van der Waals surface area contributed by atoms with Crippen molar-refractivity contribution in [1.29, 1.82) is 0 Å². The Hall–Kier alpha value is -4.46. The largest absolute Gasteiger partial charge is 0.397 e. The molecule has 0 saturated carbocycles. The van der Waals surface area contributed by atoms with Crippen LogP contribution in [0.25, 0.3) is 5.70 Å². The van der Waals surface area contributed by atoms with Gasteiger partial charge in [0.2, 0.25) is 5.91 Å². The Morgan fingerprint density at radius 2 is 1.72 bits per heavy atom. The maximum Gasteiger partial charge on any atom is 0.256 e. The zero-order chi connectivity index (χ0) is 22.7. The van der Waals surface area contributed by atoms with Gasteiger partial charge in [-0.25, -0.2) is 4.39 Å². The average Bonchev–Trinajstić information content (AvgIpc) is 3.10. The smallest absolute Gasteiger partial charge is 0.256 e. The molecule has 1 aliphatic heterocycles. The van der Waals surface area contributed by atoms with Crippen LogP contribution in [-0.2, 0) is 11.3 Å². The molecule has 32 heavy (non-hydrogen) atoms. The van der Waals surface area contributed by atoms with Gasteiger partial charge in [0.05, 0.1) is 17.1 Å². The van der Waals surface area contributed by atoms with Crippen LogP contribution in [0.2, 0.25) is 0 Å². The molecule has 3 aromatic carbocycles. The van der Waals surface area contributed by atoms with Crippen LogP contribution >= 0.6 is 0 Å². The second-order valence-electron chi connectivity index (χ2n) is 7.16. The van der Waals surface area contributed by atoms with E-state index in [9.17, 15) is 18.8 Å². The standard InChI is InChI=1S/C24H19FN4O3/c25-16-9-10-19(26)21(11-16)29-23(31)15-7-5-14(6-8-15)13-27-22(30)12-20-17-3-1-2-4-18(17)24(32)28-20/h1-12H,13,26H2,(H,27,30)(H,28,32)(H,29,31)/b20-12-. The van der Waals surface area contributed by atoms with E-state index in [1.165, 1.54) is 18.2 Å². The first-order chi connectivity index (χ1) is 15.4. The van der Waals surface area contributed by atoms with Gasteiger partial charge in [-0.3, -0.25) is 14.4 Å². The van der Waals surface area contributed by atoms with Crippen LogP contribution < -0.4 is 21.7 Å². The lowest BCUT2D eigenvalue weighted by Gasteiger charge is -2.09. The van der Waals surface area contributed by atoms with Crippen molar-refractivity contribution in [3.63, 3.8) is 0 Å². The van der Waals surface area contributed by atoms with E-state index < -0.39 is 11.7 Å². The third kappa shape index (κ3) is 4.49. The summed E-state index contributed by atoms with van der Waals surface area (Å²) in [5, 5.41) is 8.00. The van der Waals surface area contributed by atoms with Crippen LogP contribution in [0.15, 0.2) is 72.8 Å². The number of nitrogens with one attached hydrogen (secondary N) is 3. The molecule has 5 N–H and O–H groups in total. The second kappa shape index (κ2) is 8.73. The number of hydrogen-bond acceptors (Lipinski definition) is 4. The second-order valence-corrected chi connectivity index (χ2v) is 7.16. The monoisotopic (exact) mass is 430 g/mol. The number of carbonyl (C=O) groups is 3. The zero-order valence-corrected chi connectivity index (χ0v) is 16.8. The summed E-state index contributed by atoms with van der Waals surface area (Å²) in [6.45, 7) is 0.233. The highest BCUT2D eigenvalue weighted by Gasteiger charge is 2.23. The minimum Gasteiger partial charge on any atom is -0.397 e. The van der Waals surface area contributed by atoms with Gasteiger partial charge in [0.15, 0.2) is 0 Å². The molecule has 0 radical (unpaired) electrons. The van der Waals surface area contributed by atoms with E-state index in [4.69, 9.17) is 5.73 Å². The summed E-state index contributed by atoms with van der Waals surface area (Å²) in [4.78, 5) is 36.6. The van der Waals surface area contributed by atoms with Crippen molar-refractivity contribution in [2.45, 2.75) is 6.54 Å². The molecule has 0 saturated heterocycles. The van der Waals surface area contributed by atoms with Crippen LogP contribution in [0.5, 0.6) is 0 Å². The van der Waals surface area contributed by atoms with Crippen LogP contribution in [-0.4, -0.2) is 17.7 Å². The molecule has 0 fully saturated rings. The Labute approximate surface area is 183 Å². The van der Waals surface area contributed by atoms with Crippen LogP contribution in [0.3, 0.4) is 0 Å². The third-order valence-electron chi connectivity index (χ3n) is 4.93. The normalized spacial score (nSPS) is 13.4. The highest BCUT2D eigenvalue weighted by Crippen LogP contribution is 2.23. The van der Waals surface area contributed by atoms with Crippen LogP contribution in [0.4, 0.5) is 15.8 Å². The van der Waals surface area contributed by atoms with E-state index in [0.29, 0.717) is 22.4 Å². The molecule has 0 bridgehead atoms. The minimum atomic E-state index is -0.504. The van der Waals surface area contributed by atoms with Crippen LogP contribution in [0, 0.1) is 5.82 Å². The molecular weight excluding hydrogens is 411 g/mol. The zero-order valence-electron chi connectivity index (χ0n) is 16.8. The molecule has 0 spiro atoms. The summed E-state index contributed by atoms with van der Waals surface area (Å²) in [6.07, 6.45) is 1.34. The van der Waals surface area contributed by atoms with Crippen molar-refractivity contribution in [3.05, 3.63) is 101 Å². The number of benzene rings is 3. The van der Waals surface area contributed by atoms with Crippen LogP contribution in [0.1, 0.15) is 31.8 Å². The predicted molar refractivity (Wildman–Crippen MR) is 119 cm³/mol. The van der Waals surface area contributed by atoms with Crippen molar-refractivity contribution >= 4 is 34.8 Å². The average molecular weight is 430 g/mol. The van der Waals surface area contributed by atoms with Gasteiger partial charge in [-0.15, -0.1) is 0 Å². The molecule has 160 valence electrons. The third-order valence-corrected chi connectivity index (χ3v) is 4.93. The van der Waals surface area contributed by atoms with Gasteiger partial charge in [0, 0.05) is 29.3 Å². The fourth-order valence-corrected chi connectivity index (χ4v) is 3.26. The van der Waals surface area contributed by atoms with E-state index in [0.717, 1.165) is 11.6 Å². The minimum absolute atomic E-state index is 0.194. The molecule has 8 heteroatoms. The van der Waals surface area contributed by atoms with Gasteiger partial charge < -0.3 is 21.7 Å². The lowest BCUT2D eigenvalue weighted by Crippen LogP contribution is -2.22. The molecule has 0 atom stereocenters. The predicted octanol–water partition coefficient (Wildman–Crippen LogP) is 3.06. The Morgan fingerprint density at radius 3 is 2.47 bits per heavy atom. The van der Waals surface area contributed by atoms with Gasteiger partial charge in [0.1, 0.15) is 5.82 Å². The maximum atomic E-state index is 13.4. The summed E-state index contributed by atoms with van der Waals surface area (Å²) in [7, 11) is 0. The highest BCUT2D eigenvalue weighted by atomic mass is 19.1. The summed E-state index contributed by atoms with van der Waals surface area (Å²) in [6, 6.07) is 17.4. The lowest BCUT2D eigenvalue weighted by molar-refractivity contribution is -0.116. The number of nitrogen functional groups attached to an aromatic ring is 1. The van der Waals surface area contributed by atoms with E-state index >= 15 is 0 Å². The number of rotatable bonds is 5. The molecule has 3 aromatic rings. The highest BCUT2D eigenvalue weighted by molar-refractivity contribution is 6.12. The molecule has 1 heterocycles. The molecule has 3 amide bonds. The number of halogens is 1. The molecule has 0 unspecified atom stereocenters. The first kappa shape index (κ1) is 20.8. The van der Waals surface area contributed by atoms with E-state index in [1.807, 2.05) is 0 Å². The van der Waals surface area contributed by atoms with Gasteiger partial charge >= 0.3 is 0 Å². The fourth-order valence-electron chi connectivity index (χ4n) is 3.26. The van der Waals surface area contributed by atoms with Crippen molar-refractivity contribution in [2.24, 2.45) is 0 Å². The summed E-state index contributed by atoms with van der Waals surface area (Å²) >= 11 is 0. The van der Waals surface area contributed by atoms with E-state index in [-0.39, 0.29) is 29.7 Å². The van der Waals surface area contributed by atoms with Crippen molar-refractivity contribution in [1.82, 2.24) is 10.6 Å². The topological polar surface area (TPSA) is 113 Å². The molecule has 4 rings (SSSR count). The maximum absolute atomic E-state index is 13.4. The number of amides is 3. The Kier molecular flexibility index (Phi) is 5.67. The van der Waals surface area contributed by atoms with Gasteiger partial charge in [-0.1, -0.05) is 30.3 Å². The first-order valence-electron chi connectivity index (χ1n) is 9.76. The Balaban J connectivity index is 1.36. The molecule has 1 aliphatic rings. The fraction of sp³-hybridized carbons (Fsp3) is 0.0417. The molecule has 7 nitrogen and oxygen atoms in total.